The van der Waals surface area contributed by atoms with Crippen LogP contribution in [0.5, 0.6) is 0 Å². The molecule has 6 heteroatoms. The molecule has 126 valence electrons. The van der Waals surface area contributed by atoms with Gasteiger partial charge in [-0.2, -0.15) is 0 Å². The first-order valence-corrected chi connectivity index (χ1v) is 8.23. The summed E-state index contributed by atoms with van der Waals surface area (Å²) < 4.78 is 12.8. The van der Waals surface area contributed by atoms with E-state index < -0.39 is 0 Å². The highest BCUT2D eigenvalue weighted by atomic mass is 16.5. The zero-order valence-electron chi connectivity index (χ0n) is 13.7. The molecule has 0 radical (unpaired) electrons. The summed E-state index contributed by atoms with van der Waals surface area (Å²) in [6, 6.07) is 15.6. The molecule has 6 nitrogen and oxygen atoms in total. The molecule has 0 saturated heterocycles. The van der Waals surface area contributed by atoms with Crippen LogP contribution in [0.15, 0.2) is 82.3 Å². The van der Waals surface area contributed by atoms with E-state index >= 15 is 0 Å². The minimum absolute atomic E-state index is 0.552. The number of fused-ring (bicyclic) bond motifs is 1. The Bertz CT molecular complexity index is 1170. The van der Waals surface area contributed by atoms with Crippen LogP contribution in [0.25, 0.3) is 33.8 Å². The van der Waals surface area contributed by atoms with Crippen molar-refractivity contribution in [1.82, 2.24) is 19.7 Å². The summed E-state index contributed by atoms with van der Waals surface area (Å²) in [6.07, 6.45) is 7.14. The molecule has 1 aromatic carbocycles. The van der Waals surface area contributed by atoms with E-state index in [1.807, 2.05) is 59.4 Å². The topological polar surface area (TPSA) is 69.9 Å². The Morgan fingerprint density at radius 3 is 2.81 bits per heavy atom. The van der Waals surface area contributed by atoms with Gasteiger partial charge in [0.05, 0.1) is 18.3 Å². The van der Waals surface area contributed by atoms with Crippen molar-refractivity contribution < 1.29 is 8.94 Å². The zero-order valence-corrected chi connectivity index (χ0v) is 13.7. The molecule has 4 aromatic heterocycles. The van der Waals surface area contributed by atoms with Gasteiger partial charge in [0.25, 0.3) is 0 Å². The molecule has 0 atom stereocenters. The van der Waals surface area contributed by atoms with Crippen LogP contribution >= 0.6 is 0 Å². The number of imidazole rings is 1. The van der Waals surface area contributed by atoms with E-state index in [0.717, 1.165) is 28.0 Å². The summed E-state index contributed by atoms with van der Waals surface area (Å²) in [5.74, 6) is 2.14. The maximum absolute atomic E-state index is 5.39. The first-order valence-electron chi connectivity index (χ1n) is 8.23. The zero-order chi connectivity index (χ0) is 17.3. The number of benzene rings is 1. The van der Waals surface area contributed by atoms with Gasteiger partial charge in [0.1, 0.15) is 11.5 Å². The highest BCUT2D eigenvalue weighted by molar-refractivity contribution is 5.92. The molecule has 0 N–H and O–H groups in total. The number of hydrogen-bond acceptors (Lipinski definition) is 5. The average Bonchev–Trinajstić information content (AvgIpc) is 3.43. The molecule has 0 aliphatic rings. The Morgan fingerprint density at radius 2 is 1.88 bits per heavy atom. The van der Waals surface area contributed by atoms with Gasteiger partial charge in [0, 0.05) is 35.6 Å². The minimum Gasteiger partial charge on any atom is -0.461 e. The molecule has 4 heterocycles. The van der Waals surface area contributed by atoms with Gasteiger partial charge in [0.2, 0.25) is 5.76 Å². The standard InChI is InChI=1S/C20H14N4O2/c1-2-5-17-15(4-1)16(7-8-21-17)20-22-9-10-24(20)13-14-12-19(26-23-14)18-6-3-11-25-18/h1-12H,13H2. The van der Waals surface area contributed by atoms with Crippen LogP contribution in [0.4, 0.5) is 0 Å². The number of furan rings is 1. The van der Waals surface area contributed by atoms with Crippen molar-refractivity contribution in [1.29, 1.82) is 0 Å². The van der Waals surface area contributed by atoms with Crippen molar-refractivity contribution in [2.75, 3.05) is 0 Å². The van der Waals surface area contributed by atoms with E-state index in [-0.39, 0.29) is 0 Å². The average molecular weight is 342 g/mol. The number of para-hydroxylation sites is 1. The molecular weight excluding hydrogens is 328 g/mol. The number of nitrogens with zero attached hydrogens (tertiary/aromatic N) is 4. The van der Waals surface area contributed by atoms with Crippen molar-refractivity contribution >= 4 is 10.9 Å². The van der Waals surface area contributed by atoms with E-state index in [1.165, 1.54) is 0 Å². The lowest BCUT2D eigenvalue weighted by Crippen LogP contribution is -2.01. The van der Waals surface area contributed by atoms with E-state index in [9.17, 15) is 0 Å². The molecule has 0 unspecified atom stereocenters. The molecule has 0 fully saturated rings. The first-order chi connectivity index (χ1) is 12.9. The predicted molar refractivity (Wildman–Crippen MR) is 96.3 cm³/mol. The summed E-state index contributed by atoms with van der Waals surface area (Å²) in [6.45, 7) is 0.552. The summed E-state index contributed by atoms with van der Waals surface area (Å²) in [5, 5.41) is 5.22. The number of rotatable bonds is 4. The molecule has 0 saturated carbocycles. The fourth-order valence-corrected chi connectivity index (χ4v) is 3.07. The second kappa shape index (κ2) is 6.00. The Hall–Kier alpha value is -3.67. The number of hydrogen-bond donors (Lipinski definition) is 0. The van der Waals surface area contributed by atoms with E-state index in [0.29, 0.717) is 18.1 Å². The van der Waals surface area contributed by atoms with Crippen LogP contribution in [-0.2, 0) is 6.54 Å². The SMILES string of the molecule is c1coc(-c2cc(Cn3ccnc3-c3ccnc4ccccc34)no2)c1. The van der Waals surface area contributed by atoms with E-state index in [4.69, 9.17) is 8.94 Å². The fraction of sp³-hybridized carbons (Fsp3) is 0.0500. The summed E-state index contributed by atoms with van der Waals surface area (Å²) in [7, 11) is 0. The lowest BCUT2D eigenvalue weighted by Gasteiger charge is -2.08. The second-order valence-corrected chi connectivity index (χ2v) is 5.91. The van der Waals surface area contributed by atoms with Crippen LogP contribution in [-0.4, -0.2) is 19.7 Å². The molecule has 5 aromatic rings. The Labute approximate surface area is 148 Å². The number of aromatic nitrogens is 4. The van der Waals surface area contributed by atoms with Crippen molar-refractivity contribution in [3.8, 4) is 22.9 Å². The van der Waals surface area contributed by atoms with Crippen LogP contribution in [0.1, 0.15) is 5.69 Å². The van der Waals surface area contributed by atoms with Gasteiger partial charge < -0.3 is 13.5 Å². The van der Waals surface area contributed by atoms with Crippen molar-refractivity contribution in [3.05, 3.63) is 79.1 Å². The molecule has 0 amide bonds. The largest absolute Gasteiger partial charge is 0.461 e. The van der Waals surface area contributed by atoms with Gasteiger partial charge in [-0.05, 0) is 24.3 Å². The third kappa shape index (κ3) is 2.48. The highest BCUT2D eigenvalue weighted by Crippen LogP contribution is 2.27. The predicted octanol–water partition coefficient (Wildman–Crippen LogP) is 4.39. The Kier molecular flexibility index (Phi) is 3.38. The Morgan fingerprint density at radius 1 is 0.923 bits per heavy atom. The smallest absolute Gasteiger partial charge is 0.202 e. The monoisotopic (exact) mass is 342 g/mol. The van der Waals surface area contributed by atoms with Gasteiger partial charge >= 0.3 is 0 Å². The van der Waals surface area contributed by atoms with Gasteiger partial charge in [-0.1, -0.05) is 23.4 Å². The number of pyridine rings is 1. The fourth-order valence-electron chi connectivity index (χ4n) is 3.07. The third-order valence-corrected chi connectivity index (χ3v) is 4.26. The third-order valence-electron chi connectivity index (χ3n) is 4.26. The Balaban J connectivity index is 1.52. The lowest BCUT2D eigenvalue weighted by atomic mass is 10.1. The van der Waals surface area contributed by atoms with Gasteiger partial charge in [-0.15, -0.1) is 0 Å². The van der Waals surface area contributed by atoms with Crippen molar-refractivity contribution in [2.24, 2.45) is 0 Å². The van der Waals surface area contributed by atoms with Crippen LogP contribution in [0.2, 0.25) is 0 Å². The van der Waals surface area contributed by atoms with Crippen molar-refractivity contribution in [2.45, 2.75) is 6.54 Å². The molecular formula is C20H14N4O2. The quantitative estimate of drug-likeness (QED) is 0.484. The minimum atomic E-state index is 0.552. The normalized spacial score (nSPS) is 11.2. The van der Waals surface area contributed by atoms with Crippen LogP contribution in [0, 0.1) is 0 Å². The summed E-state index contributed by atoms with van der Waals surface area (Å²) in [5.41, 5.74) is 2.78. The lowest BCUT2D eigenvalue weighted by molar-refractivity contribution is 0.409. The first kappa shape index (κ1) is 14.7. The molecule has 0 spiro atoms. The second-order valence-electron chi connectivity index (χ2n) is 5.91. The maximum Gasteiger partial charge on any atom is 0.202 e. The summed E-state index contributed by atoms with van der Waals surface area (Å²) >= 11 is 0. The highest BCUT2D eigenvalue weighted by Gasteiger charge is 2.13. The van der Waals surface area contributed by atoms with Gasteiger partial charge in [-0.25, -0.2) is 4.98 Å². The van der Waals surface area contributed by atoms with E-state index in [1.54, 1.807) is 12.5 Å². The van der Waals surface area contributed by atoms with Gasteiger partial charge in [0.15, 0.2) is 5.76 Å². The van der Waals surface area contributed by atoms with Crippen molar-refractivity contribution in [3.63, 3.8) is 0 Å². The molecule has 0 aliphatic carbocycles. The molecule has 26 heavy (non-hydrogen) atoms. The van der Waals surface area contributed by atoms with Gasteiger partial charge in [-0.3, -0.25) is 4.98 Å². The molecule has 0 aliphatic heterocycles. The molecule has 0 bridgehead atoms. The summed E-state index contributed by atoms with van der Waals surface area (Å²) in [4.78, 5) is 8.97. The molecule has 5 rings (SSSR count). The van der Waals surface area contributed by atoms with Crippen LogP contribution in [0.3, 0.4) is 0 Å². The maximum atomic E-state index is 5.39. The van der Waals surface area contributed by atoms with E-state index in [2.05, 4.69) is 21.2 Å². The van der Waals surface area contributed by atoms with Crippen LogP contribution < -0.4 is 0 Å².